The maximum Gasteiger partial charge on any atom is 0.119 e. The lowest BCUT2D eigenvalue weighted by Crippen LogP contribution is -2.22. The number of hydrogen-bond acceptors (Lipinski definition) is 3. The van der Waals surface area contributed by atoms with Crippen LogP contribution in [0.15, 0.2) is 18.2 Å². The molecule has 1 aromatic rings. The second-order valence-electron chi connectivity index (χ2n) is 5.49. The molecule has 0 aliphatic rings. The van der Waals surface area contributed by atoms with E-state index in [2.05, 4.69) is 45.1 Å². The van der Waals surface area contributed by atoms with Gasteiger partial charge in [-0.1, -0.05) is 26.8 Å². The quantitative estimate of drug-likeness (QED) is 0.877. The zero-order valence-electron chi connectivity index (χ0n) is 12.3. The zero-order chi connectivity index (χ0) is 13.8. The predicted octanol–water partition coefficient (Wildman–Crippen LogP) is 3.80. The summed E-state index contributed by atoms with van der Waals surface area (Å²) in [6.07, 6.45) is 0. The maximum absolute atomic E-state index is 5.25. The molecule has 0 fully saturated rings. The summed E-state index contributed by atoms with van der Waals surface area (Å²) in [7, 11) is 3.73. The lowest BCUT2D eigenvalue weighted by atomic mass is 10.0. The fourth-order valence-corrected chi connectivity index (χ4v) is 2.84. The molecule has 0 radical (unpaired) electrons. The molecule has 0 aliphatic carbocycles. The summed E-state index contributed by atoms with van der Waals surface area (Å²) >= 11 is 1.99. The molecular formula is C15H25NOS. The van der Waals surface area contributed by atoms with E-state index in [-0.39, 0.29) is 0 Å². The second kappa shape index (κ2) is 6.48. The molecule has 0 spiro atoms. The van der Waals surface area contributed by atoms with Gasteiger partial charge in [0.05, 0.1) is 7.11 Å². The van der Waals surface area contributed by atoms with Crippen molar-refractivity contribution >= 4 is 11.8 Å². The van der Waals surface area contributed by atoms with Crippen LogP contribution in [0, 0.1) is 6.92 Å². The molecule has 0 amide bonds. The number of ether oxygens (including phenoxy) is 1. The van der Waals surface area contributed by atoms with Crippen LogP contribution >= 0.6 is 11.8 Å². The molecule has 0 saturated heterocycles. The molecule has 1 N–H and O–H groups in total. The Labute approximate surface area is 116 Å². The summed E-state index contributed by atoms with van der Waals surface area (Å²) < 4.78 is 5.55. The minimum Gasteiger partial charge on any atom is -0.497 e. The summed E-state index contributed by atoms with van der Waals surface area (Å²) in [4.78, 5) is 0. The van der Waals surface area contributed by atoms with Crippen molar-refractivity contribution in [1.29, 1.82) is 0 Å². The van der Waals surface area contributed by atoms with Gasteiger partial charge in [0.15, 0.2) is 0 Å². The highest BCUT2D eigenvalue weighted by molar-refractivity contribution is 8.00. The third-order valence-electron chi connectivity index (χ3n) is 2.88. The standard InChI is InChI=1S/C15H25NOS/c1-11-9-12(17-6)7-8-13(11)14(16-5)10-18-15(2,3)4/h7-9,14,16H,10H2,1-6H3. The van der Waals surface area contributed by atoms with Crippen LogP contribution in [0.1, 0.15) is 37.9 Å². The highest BCUT2D eigenvalue weighted by Gasteiger charge is 2.17. The van der Waals surface area contributed by atoms with Crippen molar-refractivity contribution in [3.8, 4) is 5.75 Å². The molecule has 0 heterocycles. The predicted molar refractivity (Wildman–Crippen MR) is 81.7 cm³/mol. The molecule has 1 unspecified atom stereocenters. The lowest BCUT2D eigenvalue weighted by molar-refractivity contribution is 0.414. The van der Waals surface area contributed by atoms with E-state index < -0.39 is 0 Å². The van der Waals surface area contributed by atoms with Crippen LogP contribution in [0.5, 0.6) is 5.75 Å². The van der Waals surface area contributed by atoms with Gasteiger partial charge in [0.2, 0.25) is 0 Å². The van der Waals surface area contributed by atoms with Gasteiger partial charge in [0.1, 0.15) is 5.75 Å². The van der Waals surface area contributed by atoms with Gasteiger partial charge in [0.25, 0.3) is 0 Å². The zero-order valence-corrected chi connectivity index (χ0v) is 13.1. The van der Waals surface area contributed by atoms with Crippen molar-refractivity contribution in [2.24, 2.45) is 0 Å². The topological polar surface area (TPSA) is 21.3 Å². The molecular weight excluding hydrogens is 242 g/mol. The third kappa shape index (κ3) is 4.54. The fraction of sp³-hybridized carbons (Fsp3) is 0.600. The van der Waals surface area contributed by atoms with E-state index in [0.29, 0.717) is 10.8 Å². The molecule has 18 heavy (non-hydrogen) atoms. The SMILES string of the molecule is CNC(CSC(C)(C)C)c1ccc(OC)cc1C. The Bertz CT molecular complexity index is 385. The first kappa shape index (κ1) is 15.4. The van der Waals surface area contributed by atoms with E-state index in [0.717, 1.165) is 11.5 Å². The van der Waals surface area contributed by atoms with Gasteiger partial charge in [0, 0.05) is 16.5 Å². The second-order valence-corrected chi connectivity index (χ2v) is 7.33. The first-order valence-corrected chi connectivity index (χ1v) is 7.31. The summed E-state index contributed by atoms with van der Waals surface area (Å²) in [6.45, 7) is 8.91. The summed E-state index contributed by atoms with van der Waals surface area (Å²) in [5.41, 5.74) is 2.64. The lowest BCUT2D eigenvalue weighted by Gasteiger charge is -2.24. The van der Waals surface area contributed by atoms with Gasteiger partial charge in [-0.15, -0.1) is 0 Å². The van der Waals surface area contributed by atoms with Crippen LogP contribution in [0.4, 0.5) is 0 Å². The van der Waals surface area contributed by atoms with Gasteiger partial charge in [-0.2, -0.15) is 11.8 Å². The summed E-state index contributed by atoms with van der Waals surface area (Å²) in [5, 5.41) is 3.41. The van der Waals surface area contributed by atoms with Crippen molar-refractivity contribution in [2.45, 2.75) is 38.5 Å². The molecule has 0 aromatic heterocycles. The number of rotatable bonds is 5. The average Bonchev–Trinajstić information content (AvgIpc) is 2.30. The van der Waals surface area contributed by atoms with Gasteiger partial charge >= 0.3 is 0 Å². The molecule has 0 saturated carbocycles. The molecule has 0 bridgehead atoms. The number of benzene rings is 1. The Balaban J connectivity index is 2.82. The van der Waals surface area contributed by atoms with Crippen LogP contribution < -0.4 is 10.1 Å². The van der Waals surface area contributed by atoms with Crippen LogP contribution in [0.2, 0.25) is 0 Å². The normalized spacial score (nSPS) is 13.4. The number of aryl methyl sites for hydroxylation is 1. The van der Waals surface area contributed by atoms with Gasteiger partial charge in [-0.3, -0.25) is 0 Å². The van der Waals surface area contributed by atoms with Crippen LogP contribution in [-0.2, 0) is 0 Å². The molecule has 1 aromatic carbocycles. The Kier molecular flexibility index (Phi) is 5.54. The van der Waals surface area contributed by atoms with Crippen LogP contribution in [-0.4, -0.2) is 24.7 Å². The van der Waals surface area contributed by atoms with Crippen molar-refractivity contribution in [1.82, 2.24) is 5.32 Å². The minimum atomic E-state index is 0.301. The molecule has 102 valence electrons. The van der Waals surface area contributed by atoms with Gasteiger partial charge in [-0.25, -0.2) is 0 Å². The van der Waals surface area contributed by atoms with E-state index in [4.69, 9.17) is 4.74 Å². The first-order valence-electron chi connectivity index (χ1n) is 6.33. The highest BCUT2D eigenvalue weighted by Crippen LogP contribution is 2.30. The third-order valence-corrected chi connectivity index (χ3v) is 4.25. The maximum atomic E-state index is 5.25. The first-order chi connectivity index (χ1) is 8.37. The summed E-state index contributed by atoms with van der Waals surface area (Å²) in [6, 6.07) is 6.69. The Morgan fingerprint density at radius 3 is 2.44 bits per heavy atom. The Morgan fingerprint density at radius 1 is 1.33 bits per heavy atom. The molecule has 1 atom stereocenters. The van der Waals surface area contributed by atoms with Crippen LogP contribution in [0.3, 0.4) is 0 Å². The van der Waals surface area contributed by atoms with E-state index in [1.165, 1.54) is 11.1 Å². The number of hydrogen-bond donors (Lipinski definition) is 1. The molecule has 3 heteroatoms. The molecule has 2 nitrogen and oxygen atoms in total. The van der Waals surface area contributed by atoms with Crippen LogP contribution in [0.25, 0.3) is 0 Å². The van der Waals surface area contributed by atoms with Crippen molar-refractivity contribution in [3.05, 3.63) is 29.3 Å². The van der Waals surface area contributed by atoms with E-state index in [9.17, 15) is 0 Å². The van der Waals surface area contributed by atoms with Crippen molar-refractivity contribution in [2.75, 3.05) is 19.9 Å². The van der Waals surface area contributed by atoms with Crippen molar-refractivity contribution in [3.63, 3.8) is 0 Å². The van der Waals surface area contributed by atoms with E-state index >= 15 is 0 Å². The minimum absolute atomic E-state index is 0.301. The average molecular weight is 267 g/mol. The van der Waals surface area contributed by atoms with Gasteiger partial charge in [-0.05, 0) is 37.2 Å². The number of methoxy groups -OCH3 is 1. The Hall–Kier alpha value is -0.670. The molecule has 0 aliphatic heterocycles. The Morgan fingerprint density at radius 2 is 2.00 bits per heavy atom. The van der Waals surface area contributed by atoms with E-state index in [1.807, 2.05) is 24.9 Å². The smallest absolute Gasteiger partial charge is 0.119 e. The van der Waals surface area contributed by atoms with E-state index in [1.54, 1.807) is 7.11 Å². The number of thioether (sulfide) groups is 1. The fourth-order valence-electron chi connectivity index (χ4n) is 1.83. The monoisotopic (exact) mass is 267 g/mol. The number of nitrogens with one attached hydrogen (secondary N) is 1. The molecule has 1 rings (SSSR count). The highest BCUT2D eigenvalue weighted by atomic mass is 32.2. The summed E-state index contributed by atoms with van der Waals surface area (Å²) in [5.74, 6) is 2.00. The van der Waals surface area contributed by atoms with Gasteiger partial charge < -0.3 is 10.1 Å². The largest absolute Gasteiger partial charge is 0.497 e. The van der Waals surface area contributed by atoms with Crippen molar-refractivity contribution < 1.29 is 4.74 Å².